The average Bonchev–Trinajstić information content (AvgIpc) is 3.43. The molecule has 1 aromatic heterocycles. The summed E-state index contributed by atoms with van der Waals surface area (Å²) in [6.45, 7) is 2.98. The van der Waals surface area contributed by atoms with E-state index in [1.54, 1.807) is 23.9 Å². The summed E-state index contributed by atoms with van der Waals surface area (Å²) in [5.74, 6) is 0.157. The molecule has 170 valence electrons. The highest BCUT2D eigenvalue weighted by atomic mass is 32.2. The van der Waals surface area contributed by atoms with Crippen LogP contribution in [0.5, 0.6) is 5.75 Å². The molecule has 7 nitrogen and oxygen atoms in total. The third kappa shape index (κ3) is 4.24. The van der Waals surface area contributed by atoms with Gasteiger partial charge in [-0.25, -0.2) is 8.42 Å². The molecule has 1 aliphatic rings. The van der Waals surface area contributed by atoms with Gasteiger partial charge in [0.15, 0.2) is 4.80 Å². The van der Waals surface area contributed by atoms with E-state index in [1.165, 1.54) is 34.9 Å². The highest BCUT2D eigenvalue weighted by Crippen LogP contribution is 2.28. The number of fused-ring (bicyclic) bond motifs is 1. The number of sulfonamides is 1. The van der Waals surface area contributed by atoms with Gasteiger partial charge in [-0.2, -0.15) is 9.30 Å². The number of hydrogen-bond donors (Lipinski definition) is 0. The molecule has 1 atom stereocenters. The Labute approximate surface area is 195 Å². The molecule has 10 heteroatoms. The van der Waals surface area contributed by atoms with Crippen molar-refractivity contribution in [2.75, 3.05) is 19.9 Å². The molecule has 32 heavy (non-hydrogen) atoms. The Bertz CT molecular complexity index is 1310. The highest BCUT2D eigenvalue weighted by molar-refractivity contribution is 7.98. The van der Waals surface area contributed by atoms with Gasteiger partial charge in [-0.05, 0) is 68.5 Å². The Hall–Kier alpha value is -2.14. The fourth-order valence-electron chi connectivity index (χ4n) is 3.90. The van der Waals surface area contributed by atoms with E-state index in [-0.39, 0.29) is 4.90 Å². The van der Waals surface area contributed by atoms with Crippen LogP contribution in [0, 0.1) is 0 Å². The van der Waals surface area contributed by atoms with Gasteiger partial charge in [0, 0.05) is 18.0 Å². The summed E-state index contributed by atoms with van der Waals surface area (Å²) in [5.41, 5.74) is 1.02. The quantitative estimate of drug-likeness (QED) is 0.491. The number of methoxy groups -OCH3 is 1. The van der Waals surface area contributed by atoms with Gasteiger partial charge in [-0.15, -0.1) is 11.8 Å². The molecule has 0 N–H and O–H groups in total. The van der Waals surface area contributed by atoms with Crippen LogP contribution in [0.15, 0.2) is 57.2 Å². The molecule has 1 saturated heterocycles. The molecule has 1 unspecified atom stereocenters. The lowest BCUT2D eigenvalue weighted by Gasteiger charge is -2.21. The zero-order valence-electron chi connectivity index (χ0n) is 18.1. The maximum Gasteiger partial charge on any atom is 0.266 e. The van der Waals surface area contributed by atoms with Crippen LogP contribution in [-0.2, 0) is 21.4 Å². The number of amides is 1. The second-order valence-electron chi connectivity index (χ2n) is 7.36. The van der Waals surface area contributed by atoms with Gasteiger partial charge in [-0.3, -0.25) is 4.79 Å². The van der Waals surface area contributed by atoms with E-state index < -0.39 is 22.0 Å². The topological polar surface area (TPSA) is 81.0 Å². The summed E-state index contributed by atoms with van der Waals surface area (Å²) in [6, 6.07) is 11.6. The lowest BCUT2D eigenvalue weighted by molar-refractivity contribution is -0.121. The van der Waals surface area contributed by atoms with E-state index in [9.17, 15) is 13.2 Å². The molecule has 2 aromatic carbocycles. The molecule has 0 aliphatic carbocycles. The predicted molar refractivity (Wildman–Crippen MR) is 128 cm³/mol. The third-order valence-corrected chi connectivity index (χ3v) is 9.26. The van der Waals surface area contributed by atoms with Crippen molar-refractivity contribution in [1.29, 1.82) is 0 Å². The van der Waals surface area contributed by atoms with Gasteiger partial charge in [0.2, 0.25) is 10.0 Å². The van der Waals surface area contributed by atoms with Crippen LogP contribution in [0.1, 0.15) is 19.8 Å². The second kappa shape index (κ2) is 9.38. The Kier molecular flexibility index (Phi) is 6.75. The number of benzene rings is 2. The van der Waals surface area contributed by atoms with Crippen molar-refractivity contribution < 1.29 is 17.9 Å². The number of aryl methyl sites for hydroxylation is 1. The maximum absolute atomic E-state index is 13.2. The van der Waals surface area contributed by atoms with Crippen molar-refractivity contribution >= 4 is 49.2 Å². The van der Waals surface area contributed by atoms with Gasteiger partial charge in [-0.1, -0.05) is 11.3 Å². The first-order valence-corrected chi connectivity index (χ1v) is 13.8. The van der Waals surface area contributed by atoms with Crippen molar-refractivity contribution in [3.8, 4) is 5.75 Å². The average molecular weight is 492 g/mol. The zero-order chi connectivity index (χ0) is 22.9. The summed E-state index contributed by atoms with van der Waals surface area (Å²) >= 11 is 3.12. The van der Waals surface area contributed by atoms with Gasteiger partial charge >= 0.3 is 0 Å². The van der Waals surface area contributed by atoms with Crippen LogP contribution in [-0.4, -0.2) is 49.1 Å². The lowest BCUT2D eigenvalue weighted by Crippen LogP contribution is -2.40. The SMILES string of the molecule is CCn1c(=NC(=O)C2CCCN2S(=O)(=O)c2ccc(OC)cc2)sc2cc(SC)ccc21. The standard InChI is InChI=1S/C22H25N3O4S3/c1-4-24-18-12-9-16(30-3)14-20(18)31-22(24)23-21(26)19-6-5-13-25(19)32(27,28)17-10-7-15(29-2)8-11-17/h7-12,14,19H,4-6,13H2,1-3H3. The van der Waals surface area contributed by atoms with E-state index in [4.69, 9.17) is 4.74 Å². The molecule has 0 radical (unpaired) electrons. The molecule has 3 aromatic rings. The molecular weight excluding hydrogens is 466 g/mol. The Morgan fingerprint density at radius 1 is 1.25 bits per heavy atom. The lowest BCUT2D eigenvalue weighted by atomic mass is 10.2. The van der Waals surface area contributed by atoms with Crippen LogP contribution < -0.4 is 9.54 Å². The van der Waals surface area contributed by atoms with E-state index in [2.05, 4.69) is 17.1 Å². The van der Waals surface area contributed by atoms with Crippen molar-refractivity contribution in [3.63, 3.8) is 0 Å². The fourth-order valence-corrected chi connectivity index (χ4v) is 7.20. The molecule has 0 bridgehead atoms. The minimum Gasteiger partial charge on any atom is -0.497 e. The number of nitrogens with zero attached hydrogens (tertiary/aromatic N) is 3. The van der Waals surface area contributed by atoms with Crippen molar-refractivity contribution in [2.24, 2.45) is 4.99 Å². The largest absolute Gasteiger partial charge is 0.497 e. The van der Waals surface area contributed by atoms with E-state index in [0.717, 1.165) is 15.1 Å². The van der Waals surface area contributed by atoms with E-state index in [0.29, 0.717) is 36.5 Å². The normalized spacial score (nSPS) is 17.8. The molecule has 1 amide bonds. The van der Waals surface area contributed by atoms with E-state index in [1.807, 2.05) is 23.8 Å². The fraction of sp³-hybridized carbons (Fsp3) is 0.364. The van der Waals surface area contributed by atoms with Crippen molar-refractivity contribution in [2.45, 2.75) is 42.1 Å². The minimum atomic E-state index is -3.81. The van der Waals surface area contributed by atoms with Crippen LogP contribution in [0.25, 0.3) is 10.2 Å². The number of thiazole rings is 1. The highest BCUT2D eigenvalue weighted by Gasteiger charge is 2.39. The number of hydrogen-bond acceptors (Lipinski definition) is 6. The first kappa shape index (κ1) is 23.0. The van der Waals surface area contributed by atoms with Crippen LogP contribution >= 0.6 is 23.1 Å². The van der Waals surface area contributed by atoms with Crippen LogP contribution in [0.3, 0.4) is 0 Å². The zero-order valence-corrected chi connectivity index (χ0v) is 20.6. The van der Waals surface area contributed by atoms with Crippen LogP contribution in [0.4, 0.5) is 0 Å². The summed E-state index contributed by atoms with van der Waals surface area (Å²) in [5, 5.41) is 0. The number of carbonyl (C=O) groups is 1. The van der Waals surface area contributed by atoms with Gasteiger partial charge in [0.05, 0.1) is 22.2 Å². The maximum atomic E-state index is 13.2. The molecule has 1 aliphatic heterocycles. The van der Waals surface area contributed by atoms with Crippen molar-refractivity contribution in [3.05, 3.63) is 47.3 Å². The van der Waals surface area contributed by atoms with Crippen LogP contribution in [0.2, 0.25) is 0 Å². The van der Waals surface area contributed by atoms with E-state index >= 15 is 0 Å². The third-order valence-electron chi connectivity index (χ3n) is 5.57. The first-order valence-electron chi connectivity index (χ1n) is 10.3. The van der Waals surface area contributed by atoms with Gasteiger partial charge < -0.3 is 9.30 Å². The summed E-state index contributed by atoms with van der Waals surface area (Å²) in [7, 11) is -2.28. The molecule has 1 fully saturated rings. The molecule has 2 heterocycles. The first-order chi connectivity index (χ1) is 15.4. The summed E-state index contributed by atoms with van der Waals surface area (Å²) in [6.07, 6.45) is 3.11. The van der Waals surface area contributed by atoms with Gasteiger partial charge in [0.1, 0.15) is 11.8 Å². The summed E-state index contributed by atoms with van der Waals surface area (Å²) < 4.78 is 35.9. The minimum absolute atomic E-state index is 0.146. The van der Waals surface area contributed by atoms with Crippen molar-refractivity contribution in [1.82, 2.24) is 8.87 Å². The number of ether oxygens (including phenoxy) is 1. The van der Waals surface area contributed by atoms with Gasteiger partial charge in [0.25, 0.3) is 5.91 Å². The molecule has 0 spiro atoms. The Balaban J connectivity index is 1.68. The number of thioether (sulfide) groups is 1. The number of rotatable bonds is 6. The Morgan fingerprint density at radius 3 is 2.66 bits per heavy atom. The second-order valence-corrected chi connectivity index (χ2v) is 11.1. The smallest absolute Gasteiger partial charge is 0.266 e. The number of aromatic nitrogens is 1. The number of carbonyl (C=O) groups excluding carboxylic acids is 1. The monoisotopic (exact) mass is 491 g/mol. The predicted octanol–water partition coefficient (Wildman–Crippen LogP) is 3.73. The molecule has 4 rings (SSSR count). The summed E-state index contributed by atoms with van der Waals surface area (Å²) in [4.78, 5) is 19.5. The Morgan fingerprint density at radius 2 is 2.00 bits per heavy atom. The molecular formula is C22H25N3O4S3. The molecule has 0 saturated carbocycles.